The summed E-state index contributed by atoms with van der Waals surface area (Å²) in [6.45, 7) is 2.22. The molecule has 0 atom stereocenters. The maximum absolute atomic E-state index is 2.26. The van der Waals surface area contributed by atoms with Crippen molar-refractivity contribution in [2.45, 2.75) is 19.8 Å². The Hall–Kier alpha value is -1.30. The van der Waals surface area contributed by atoms with Gasteiger partial charge in [0.15, 0.2) is 0 Å². The van der Waals surface area contributed by atoms with Crippen LogP contribution in [0, 0.1) is 6.92 Å². The highest BCUT2D eigenvalue weighted by molar-refractivity contribution is 5.91. The zero-order chi connectivity index (χ0) is 8.84. The van der Waals surface area contributed by atoms with Crippen LogP contribution in [0.5, 0.6) is 0 Å². The van der Waals surface area contributed by atoms with Gasteiger partial charge in [-0.2, -0.15) is 0 Å². The zero-order valence-electron chi connectivity index (χ0n) is 7.80. The quantitative estimate of drug-likeness (QED) is 0.566. The van der Waals surface area contributed by atoms with Crippen LogP contribution in [0.1, 0.15) is 16.7 Å². The van der Waals surface area contributed by atoms with Gasteiger partial charge >= 0.3 is 0 Å². The second kappa shape index (κ2) is 2.35. The molecule has 13 heavy (non-hydrogen) atoms. The molecule has 0 bridgehead atoms. The largest absolute Gasteiger partial charge is 0.0614 e. The monoisotopic (exact) mass is 168 g/mol. The highest BCUT2D eigenvalue weighted by Gasteiger charge is 2.14. The highest BCUT2D eigenvalue weighted by Crippen LogP contribution is 2.32. The summed E-state index contributed by atoms with van der Waals surface area (Å²) in [5.41, 5.74) is 4.57. The molecule has 0 saturated carbocycles. The van der Waals surface area contributed by atoms with Crippen molar-refractivity contribution in [2.24, 2.45) is 0 Å². The fourth-order valence-corrected chi connectivity index (χ4v) is 2.43. The molecule has 0 spiro atoms. The van der Waals surface area contributed by atoms with Crippen molar-refractivity contribution in [3.05, 3.63) is 47.0 Å². The van der Waals surface area contributed by atoms with E-state index in [1.807, 2.05) is 0 Å². The summed E-state index contributed by atoms with van der Waals surface area (Å²) < 4.78 is 0. The smallest absolute Gasteiger partial charge is 0.0117 e. The predicted molar refractivity (Wildman–Crippen MR) is 56.1 cm³/mol. The molecule has 0 heteroatoms. The Bertz CT molecular complexity index is 481. The summed E-state index contributed by atoms with van der Waals surface area (Å²) >= 11 is 0. The Morgan fingerprint density at radius 3 is 2.85 bits per heavy atom. The second-order valence-electron chi connectivity index (χ2n) is 3.88. The Morgan fingerprint density at radius 2 is 1.92 bits per heavy atom. The van der Waals surface area contributed by atoms with E-state index in [-0.39, 0.29) is 0 Å². The summed E-state index contributed by atoms with van der Waals surface area (Å²) in [7, 11) is 0. The first kappa shape index (κ1) is 7.14. The van der Waals surface area contributed by atoms with Gasteiger partial charge < -0.3 is 0 Å². The molecule has 1 aliphatic carbocycles. The van der Waals surface area contributed by atoms with Crippen LogP contribution in [0.3, 0.4) is 0 Å². The fraction of sp³-hybridized carbons (Fsp3) is 0.231. The molecular formula is C13H12. The Kier molecular flexibility index (Phi) is 1.29. The van der Waals surface area contributed by atoms with Gasteiger partial charge in [0, 0.05) is 0 Å². The number of hydrogen-bond acceptors (Lipinski definition) is 0. The van der Waals surface area contributed by atoms with Gasteiger partial charge in [0.25, 0.3) is 0 Å². The number of hydrogen-bond donors (Lipinski definition) is 0. The predicted octanol–water partition coefficient (Wildman–Crippen LogP) is 3.25. The van der Waals surface area contributed by atoms with E-state index in [1.54, 1.807) is 5.56 Å². The molecule has 0 nitrogen and oxygen atoms in total. The van der Waals surface area contributed by atoms with Crippen LogP contribution in [0.25, 0.3) is 10.8 Å². The van der Waals surface area contributed by atoms with Crippen molar-refractivity contribution in [3.8, 4) is 0 Å². The van der Waals surface area contributed by atoms with Crippen molar-refractivity contribution in [3.63, 3.8) is 0 Å². The first-order valence-electron chi connectivity index (χ1n) is 4.86. The standard InChI is InChI=1S/C13H12/c1-9-5-6-10-3-2-4-11-7-8-12(9)13(10)11/h2-6H,7-8H2,1H3. The average molecular weight is 168 g/mol. The van der Waals surface area contributed by atoms with Gasteiger partial charge in [0.2, 0.25) is 0 Å². The van der Waals surface area contributed by atoms with E-state index in [2.05, 4.69) is 37.3 Å². The summed E-state index contributed by atoms with van der Waals surface area (Å²) in [5.74, 6) is 0. The molecule has 2 aromatic rings. The lowest BCUT2D eigenvalue weighted by Gasteiger charge is -2.03. The van der Waals surface area contributed by atoms with Crippen molar-refractivity contribution in [1.29, 1.82) is 0 Å². The topological polar surface area (TPSA) is 0 Å². The van der Waals surface area contributed by atoms with Crippen LogP contribution in [-0.2, 0) is 12.8 Å². The summed E-state index contributed by atoms with van der Waals surface area (Å²) in [4.78, 5) is 0. The molecule has 0 radical (unpaired) electrons. The molecule has 64 valence electrons. The van der Waals surface area contributed by atoms with Crippen LogP contribution in [-0.4, -0.2) is 0 Å². The molecule has 0 aliphatic heterocycles. The zero-order valence-corrected chi connectivity index (χ0v) is 7.80. The molecule has 1 aliphatic rings. The van der Waals surface area contributed by atoms with E-state index in [1.165, 1.54) is 34.7 Å². The van der Waals surface area contributed by atoms with Crippen molar-refractivity contribution in [1.82, 2.24) is 0 Å². The maximum Gasteiger partial charge on any atom is -0.0117 e. The van der Waals surface area contributed by atoms with Crippen LogP contribution in [0.2, 0.25) is 0 Å². The van der Waals surface area contributed by atoms with Crippen molar-refractivity contribution in [2.75, 3.05) is 0 Å². The van der Waals surface area contributed by atoms with Gasteiger partial charge in [0.1, 0.15) is 0 Å². The Labute approximate surface area is 78.2 Å². The van der Waals surface area contributed by atoms with E-state index in [9.17, 15) is 0 Å². The van der Waals surface area contributed by atoms with Gasteiger partial charge in [-0.1, -0.05) is 30.3 Å². The lowest BCUT2D eigenvalue weighted by molar-refractivity contribution is 1.01. The summed E-state index contributed by atoms with van der Waals surface area (Å²) in [5, 5.41) is 2.94. The molecule has 0 aromatic heterocycles. The third kappa shape index (κ3) is 0.859. The van der Waals surface area contributed by atoms with E-state index in [4.69, 9.17) is 0 Å². The van der Waals surface area contributed by atoms with Crippen LogP contribution < -0.4 is 0 Å². The summed E-state index contributed by atoms with van der Waals surface area (Å²) in [6, 6.07) is 11.1. The first-order chi connectivity index (χ1) is 6.36. The molecule has 0 amide bonds. The van der Waals surface area contributed by atoms with E-state index >= 15 is 0 Å². The lowest BCUT2D eigenvalue weighted by atomic mass is 10.0. The Balaban J connectivity index is 2.56. The molecule has 0 N–H and O–H groups in total. The average Bonchev–Trinajstić information content (AvgIpc) is 2.57. The van der Waals surface area contributed by atoms with Crippen molar-refractivity contribution < 1.29 is 0 Å². The molecular weight excluding hydrogens is 156 g/mol. The van der Waals surface area contributed by atoms with Crippen LogP contribution >= 0.6 is 0 Å². The SMILES string of the molecule is Cc1ccc2cccc3c2c1CC3. The fourth-order valence-electron chi connectivity index (χ4n) is 2.43. The van der Waals surface area contributed by atoms with E-state index in [0.29, 0.717) is 0 Å². The maximum atomic E-state index is 2.26. The minimum absolute atomic E-state index is 1.23. The molecule has 3 rings (SSSR count). The van der Waals surface area contributed by atoms with Crippen LogP contribution in [0.15, 0.2) is 30.3 Å². The highest BCUT2D eigenvalue weighted by atomic mass is 14.2. The normalized spacial score (nSPS) is 13.9. The molecule has 0 fully saturated rings. The number of aryl methyl sites for hydroxylation is 3. The van der Waals surface area contributed by atoms with Gasteiger partial charge in [0.05, 0.1) is 0 Å². The molecule has 0 unspecified atom stereocenters. The summed E-state index contributed by atoms with van der Waals surface area (Å²) in [6.07, 6.45) is 2.47. The lowest BCUT2D eigenvalue weighted by Crippen LogP contribution is -1.83. The molecule has 0 saturated heterocycles. The molecule has 0 heterocycles. The van der Waals surface area contributed by atoms with Crippen molar-refractivity contribution >= 4 is 10.8 Å². The van der Waals surface area contributed by atoms with E-state index < -0.39 is 0 Å². The first-order valence-corrected chi connectivity index (χ1v) is 4.86. The number of benzene rings is 2. The number of rotatable bonds is 0. The van der Waals surface area contributed by atoms with Gasteiger partial charge in [-0.25, -0.2) is 0 Å². The molecule has 2 aromatic carbocycles. The second-order valence-corrected chi connectivity index (χ2v) is 3.88. The minimum Gasteiger partial charge on any atom is -0.0614 e. The van der Waals surface area contributed by atoms with Crippen LogP contribution in [0.4, 0.5) is 0 Å². The van der Waals surface area contributed by atoms with Gasteiger partial charge in [-0.3, -0.25) is 0 Å². The Morgan fingerprint density at radius 1 is 1.00 bits per heavy atom. The van der Waals surface area contributed by atoms with Gasteiger partial charge in [-0.05, 0) is 47.2 Å². The minimum atomic E-state index is 1.23. The van der Waals surface area contributed by atoms with E-state index in [0.717, 1.165) is 0 Å². The van der Waals surface area contributed by atoms with Gasteiger partial charge in [-0.15, -0.1) is 0 Å². The third-order valence-corrected chi connectivity index (χ3v) is 3.12. The third-order valence-electron chi connectivity index (χ3n) is 3.12.